The topological polar surface area (TPSA) is 15.3 Å². The zero-order valence-electron chi connectivity index (χ0n) is 14.8. The minimum atomic E-state index is 0.463. The van der Waals surface area contributed by atoms with E-state index in [2.05, 4.69) is 31.0 Å². The zero-order chi connectivity index (χ0) is 15.1. The van der Waals surface area contributed by atoms with E-state index in [1.165, 1.54) is 84.0 Å². The van der Waals surface area contributed by atoms with Gasteiger partial charge in [-0.2, -0.15) is 0 Å². The molecule has 2 heteroatoms. The Labute approximate surface area is 133 Å². The third-order valence-corrected chi connectivity index (χ3v) is 5.78. The fourth-order valence-corrected chi connectivity index (χ4v) is 4.81. The first-order valence-corrected chi connectivity index (χ1v) is 9.63. The molecule has 2 atom stereocenters. The van der Waals surface area contributed by atoms with Crippen LogP contribution in [0, 0.1) is 11.3 Å². The number of hydrogen-bond donors (Lipinski definition) is 1. The van der Waals surface area contributed by atoms with E-state index in [0.717, 1.165) is 12.0 Å². The molecule has 124 valence electrons. The molecule has 1 aliphatic heterocycles. The normalized spacial score (nSPS) is 27.3. The molecule has 21 heavy (non-hydrogen) atoms. The molecule has 0 bridgehead atoms. The summed E-state index contributed by atoms with van der Waals surface area (Å²) in [6.45, 7) is 12.2. The van der Waals surface area contributed by atoms with E-state index in [4.69, 9.17) is 0 Å². The summed E-state index contributed by atoms with van der Waals surface area (Å²) in [6, 6.07) is 0.912. The lowest BCUT2D eigenvalue weighted by Gasteiger charge is -2.38. The van der Waals surface area contributed by atoms with Crippen molar-refractivity contribution in [3.8, 4) is 0 Å². The predicted molar refractivity (Wildman–Crippen MR) is 92.7 cm³/mol. The third-order valence-electron chi connectivity index (χ3n) is 5.78. The van der Waals surface area contributed by atoms with Crippen LogP contribution in [-0.2, 0) is 0 Å². The van der Waals surface area contributed by atoms with Crippen LogP contribution >= 0.6 is 0 Å². The second kappa shape index (κ2) is 8.53. The van der Waals surface area contributed by atoms with Crippen molar-refractivity contribution in [2.75, 3.05) is 26.2 Å². The van der Waals surface area contributed by atoms with E-state index < -0.39 is 0 Å². The third kappa shape index (κ3) is 4.96. The van der Waals surface area contributed by atoms with Crippen LogP contribution in [0.3, 0.4) is 0 Å². The summed E-state index contributed by atoms with van der Waals surface area (Å²) in [6.07, 6.45) is 12.8. The average Bonchev–Trinajstić information content (AvgIpc) is 3.09. The van der Waals surface area contributed by atoms with Crippen molar-refractivity contribution in [3.05, 3.63) is 0 Å². The summed E-state index contributed by atoms with van der Waals surface area (Å²) in [7, 11) is 0. The van der Waals surface area contributed by atoms with Gasteiger partial charge in [0.1, 0.15) is 0 Å². The number of hydrogen-bond acceptors (Lipinski definition) is 2. The smallest absolute Gasteiger partial charge is 0.0124 e. The average molecular weight is 295 g/mol. The molecule has 2 rings (SSSR count). The molecule has 1 saturated heterocycles. The largest absolute Gasteiger partial charge is 0.316 e. The highest BCUT2D eigenvalue weighted by Crippen LogP contribution is 2.37. The standard InChI is InChI=1S/C19H38N2/c1-4-12-19(3,15-20-13-5-2)16-21-14-8-11-18(21)17-9-6-7-10-17/h17-18,20H,4-16H2,1-3H3. The van der Waals surface area contributed by atoms with Crippen LogP contribution in [0.4, 0.5) is 0 Å². The van der Waals surface area contributed by atoms with E-state index in [0.29, 0.717) is 5.41 Å². The molecular weight excluding hydrogens is 256 g/mol. The van der Waals surface area contributed by atoms with Crippen LogP contribution in [0.5, 0.6) is 0 Å². The molecule has 0 radical (unpaired) electrons. The zero-order valence-corrected chi connectivity index (χ0v) is 14.8. The van der Waals surface area contributed by atoms with Crippen molar-refractivity contribution in [3.63, 3.8) is 0 Å². The fraction of sp³-hybridized carbons (Fsp3) is 1.00. The van der Waals surface area contributed by atoms with Crippen LogP contribution in [0.2, 0.25) is 0 Å². The Morgan fingerprint density at radius 1 is 1.05 bits per heavy atom. The number of nitrogens with one attached hydrogen (secondary N) is 1. The van der Waals surface area contributed by atoms with Crippen molar-refractivity contribution < 1.29 is 0 Å². The quantitative estimate of drug-likeness (QED) is 0.632. The molecule has 1 aliphatic carbocycles. The number of nitrogens with zero attached hydrogens (tertiary/aromatic N) is 1. The van der Waals surface area contributed by atoms with Gasteiger partial charge in [-0.15, -0.1) is 0 Å². The summed E-state index contributed by atoms with van der Waals surface area (Å²) in [5.41, 5.74) is 0.463. The van der Waals surface area contributed by atoms with Crippen molar-refractivity contribution >= 4 is 0 Å². The predicted octanol–water partition coefficient (Wildman–Crippen LogP) is 4.45. The van der Waals surface area contributed by atoms with Gasteiger partial charge in [-0.25, -0.2) is 0 Å². The van der Waals surface area contributed by atoms with Gasteiger partial charge < -0.3 is 5.32 Å². The molecule has 0 aromatic rings. The van der Waals surface area contributed by atoms with Crippen molar-refractivity contribution in [1.29, 1.82) is 0 Å². The molecule has 2 nitrogen and oxygen atoms in total. The minimum absolute atomic E-state index is 0.463. The van der Waals surface area contributed by atoms with Crippen LogP contribution in [-0.4, -0.2) is 37.1 Å². The first kappa shape index (κ1) is 17.3. The highest BCUT2D eigenvalue weighted by molar-refractivity contribution is 4.91. The summed E-state index contributed by atoms with van der Waals surface area (Å²) in [4.78, 5) is 2.87. The summed E-state index contributed by atoms with van der Waals surface area (Å²) in [5.74, 6) is 1.02. The Hall–Kier alpha value is -0.0800. The minimum Gasteiger partial charge on any atom is -0.316 e. The van der Waals surface area contributed by atoms with Crippen molar-refractivity contribution in [1.82, 2.24) is 10.2 Å². The van der Waals surface area contributed by atoms with E-state index in [1.54, 1.807) is 0 Å². The van der Waals surface area contributed by atoms with E-state index in [1.807, 2.05) is 0 Å². The summed E-state index contributed by atoms with van der Waals surface area (Å²) < 4.78 is 0. The Kier molecular flexibility index (Phi) is 7.01. The Balaban J connectivity index is 1.90. The highest BCUT2D eigenvalue weighted by Gasteiger charge is 2.36. The fourth-order valence-electron chi connectivity index (χ4n) is 4.81. The van der Waals surface area contributed by atoms with Crippen molar-refractivity contribution in [2.45, 2.75) is 84.6 Å². The van der Waals surface area contributed by atoms with Gasteiger partial charge >= 0.3 is 0 Å². The van der Waals surface area contributed by atoms with Gasteiger partial charge in [-0.3, -0.25) is 4.90 Å². The molecular formula is C19H38N2. The summed E-state index contributed by atoms with van der Waals surface area (Å²) in [5, 5.41) is 3.69. The Bertz CT molecular complexity index is 285. The van der Waals surface area contributed by atoms with E-state index in [-0.39, 0.29) is 0 Å². The van der Waals surface area contributed by atoms with E-state index >= 15 is 0 Å². The van der Waals surface area contributed by atoms with E-state index in [9.17, 15) is 0 Å². The lowest BCUT2D eigenvalue weighted by atomic mass is 9.83. The molecule has 0 aromatic carbocycles. The molecule has 1 saturated carbocycles. The lowest BCUT2D eigenvalue weighted by Crippen LogP contribution is -2.46. The SMILES string of the molecule is CCCNCC(C)(CCC)CN1CCCC1C1CCCC1. The molecule has 0 spiro atoms. The maximum absolute atomic E-state index is 3.69. The highest BCUT2D eigenvalue weighted by atomic mass is 15.2. The molecule has 0 amide bonds. The van der Waals surface area contributed by atoms with Gasteiger partial charge in [0.25, 0.3) is 0 Å². The van der Waals surface area contributed by atoms with Gasteiger partial charge in [0.2, 0.25) is 0 Å². The monoisotopic (exact) mass is 294 g/mol. The molecule has 2 unspecified atom stereocenters. The van der Waals surface area contributed by atoms with Crippen LogP contribution in [0.25, 0.3) is 0 Å². The first-order valence-electron chi connectivity index (χ1n) is 9.63. The first-order chi connectivity index (χ1) is 10.2. The van der Waals surface area contributed by atoms with Gasteiger partial charge in [-0.1, -0.05) is 40.0 Å². The molecule has 0 aromatic heterocycles. The molecule has 1 N–H and O–H groups in total. The van der Waals surface area contributed by atoms with Gasteiger partial charge in [0.05, 0.1) is 0 Å². The molecule has 2 fully saturated rings. The second-order valence-electron chi connectivity index (χ2n) is 7.96. The summed E-state index contributed by atoms with van der Waals surface area (Å²) >= 11 is 0. The second-order valence-corrected chi connectivity index (χ2v) is 7.96. The Morgan fingerprint density at radius 3 is 2.48 bits per heavy atom. The van der Waals surface area contributed by atoms with Gasteiger partial charge in [0, 0.05) is 19.1 Å². The van der Waals surface area contributed by atoms with Gasteiger partial charge in [0.15, 0.2) is 0 Å². The molecule has 2 aliphatic rings. The number of likely N-dealkylation sites (tertiary alicyclic amines) is 1. The number of rotatable bonds is 9. The van der Waals surface area contributed by atoms with Crippen LogP contribution in [0.1, 0.15) is 78.6 Å². The maximum Gasteiger partial charge on any atom is 0.0124 e. The van der Waals surface area contributed by atoms with Crippen LogP contribution in [0.15, 0.2) is 0 Å². The van der Waals surface area contributed by atoms with Crippen molar-refractivity contribution in [2.24, 2.45) is 11.3 Å². The lowest BCUT2D eigenvalue weighted by molar-refractivity contribution is 0.112. The Morgan fingerprint density at radius 2 is 1.81 bits per heavy atom. The molecule has 1 heterocycles. The maximum atomic E-state index is 3.69. The van der Waals surface area contributed by atoms with Gasteiger partial charge in [-0.05, 0) is 62.9 Å². The van der Waals surface area contributed by atoms with Crippen LogP contribution < -0.4 is 5.32 Å².